The molecule has 1 N–H and O–H groups in total. The second-order valence-electron chi connectivity index (χ2n) is 4.86. The number of rotatable bonds is 7. The molecule has 0 saturated heterocycles. The summed E-state index contributed by atoms with van der Waals surface area (Å²) >= 11 is 0. The van der Waals surface area contributed by atoms with Crippen molar-refractivity contribution in [2.24, 2.45) is 0 Å². The van der Waals surface area contributed by atoms with E-state index in [9.17, 15) is 19.8 Å². The van der Waals surface area contributed by atoms with Crippen LogP contribution in [-0.2, 0) is 0 Å². The summed E-state index contributed by atoms with van der Waals surface area (Å²) in [6.07, 6.45) is 0. The number of aromatic carboxylic acids is 2. The summed E-state index contributed by atoms with van der Waals surface area (Å²) in [4.78, 5) is 20.6. The number of nitrogens with zero attached hydrogens (tertiary/aromatic N) is 1. The summed E-state index contributed by atoms with van der Waals surface area (Å²) in [6.45, 7) is 11.2. The minimum atomic E-state index is -1.52. The lowest BCUT2D eigenvalue weighted by molar-refractivity contribution is -0.923. The lowest BCUT2D eigenvalue weighted by atomic mass is 10.1. The molecule has 0 amide bonds. The molecule has 0 aliphatic rings. The van der Waals surface area contributed by atoms with Crippen molar-refractivity contribution in [3.63, 3.8) is 0 Å². The zero-order chi connectivity index (χ0) is 17.2. The van der Waals surface area contributed by atoms with E-state index in [1.807, 2.05) is 0 Å². The molecule has 132 valence electrons. The van der Waals surface area contributed by atoms with Crippen molar-refractivity contribution in [1.82, 2.24) is 0 Å². The van der Waals surface area contributed by atoms with Crippen molar-refractivity contribution < 1.29 is 53.4 Å². The van der Waals surface area contributed by atoms with E-state index in [0.29, 0.717) is 6.61 Å². The van der Waals surface area contributed by atoms with Gasteiger partial charge in [-0.2, -0.15) is 0 Å². The molecule has 0 spiro atoms. The fourth-order valence-electron chi connectivity index (χ4n) is 2.20. The average molecular weight is 437 g/mol. The van der Waals surface area contributed by atoms with E-state index < -0.39 is 11.9 Å². The summed E-state index contributed by atoms with van der Waals surface area (Å²) in [5.41, 5.74) is -0.727. The van der Waals surface area contributed by atoms with Crippen LogP contribution in [-0.4, -0.2) is 54.3 Å². The topological polar surface area (TPSA) is 100 Å². The third kappa shape index (κ3) is 7.76. The van der Waals surface area contributed by atoms with Crippen LogP contribution in [0.3, 0.4) is 0 Å². The Hall–Kier alpha value is -1.19. The van der Waals surface area contributed by atoms with Crippen LogP contribution in [0.15, 0.2) is 24.3 Å². The molecular formula is C16H24INO5-2. The van der Waals surface area contributed by atoms with Gasteiger partial charge in [0, 0.05) is 11.1 Å². The molecule has 0 aromatic heterocycles. The van der Waals surface area contributed by atoms with Crippen LogP contribution in [0.2, 0.25) is 0 Å². The van der Waals surface area contributed by atoms with Crippen LogP contribution in [0.4, 0.5) is 0 Å². The van der Waals surface area contributed by atoms with Crippen molar-refractivity contribution in [2.75, 3.05) is 32.8 Å². The van der Waals surface area contributed by atoms with E-state index in [2.05, 4.69) is 20.8 Å². The summed E-state index contributed by atoms with van der Waals surface area (Å²) in [7, 11) is 0. The first-order valence-electron chi connectivity index (χ1n) is 7.35. The Bertz CT molecular complexity index is 448. The molecule has 7 heteroatoms. The number of carbonyl (C=O) groups excluding carboxylic acids is 2. The number of hydrogen-bond acceptors (Lipinski definition) is 5. The summed E-state index contributed by atoms with van der Waals surface area (Å²) in [5.74, 6) is -3.04. The van der Waals surface area contributed by atoms with Crippen molar-refractivity contribution in [3.8, 4) is 0 Å². The van der Waals surface area contributed by atoms with Gasteiger partial charge in [0.05, 0.1) is 38.2 Å². The number of benzene rings is 1. The minimum absolute atomic E-state index is 0. The maximum absolute atomic E-state index is 10.3. The Morgan fingerprint density at radius 1 is 0.957 bits per heavy atom. The maximum Gasteiger partial charge on any atom is 0.102 e. The number of aliphatic hydroxyl groups is 1. The molecule has 0 aliphatic carbocycles. The number of carbonyl (C=O) groups is 2. The van der Waals surface area contributed by atoms with Gasteiger partial charge in [0.25, 0.3) is 0 Å². The molecule has 1 rings (SSSR count). The first-order chi connectivity index (χ1) is 10.4. The third-order valence-corrected chi connectivity index (χ3v) is 3.95. The van der Waals surface area contributed by atoms with Gasteiger partial charge in [-0.15, -0.1) is 0 Å². The Balaban J connectivity index is 0. The largest absolute Gasteiger partial charge is 1.00 e. The Morgan fingerprint density at radius 3 is 1.48 bits per heavy atom. The number of carboxylic acids is 2. The SMILES string of the molecule is CC[N+](CC)(CC)CCO.O=C([O-])c1ccccc1C(=O)[O-].[I-]. The van der Waals surface area contributed by atoms with E-state index in [-0.39, 0.29) is 35.1 Å². The molecule has 6 nitrogen and oxygen atoms in total. The fourth-order valence-corrected chi connectivity index (χ4v) is 2.20. The van der Waals surface area contributed by atoms with E-state index in [1.165, 1.54) is 12.1 Å². The standard InChI is InChI=1S/C8H20NO.C8H6O4.HI/c1-4-9(5-2,6-3)7-8-10;9-7(10)5-3-1-2-4-6(5)8(11)12;/h10H,4-8H2,1-3H3;1-4H,(H,9,10)(H,11,12);1H/q+1;;/p-3. The molecule has 0 unspecified atom stereocenters. The lowest BCUT2D eigenvalue weighted by Gasteiger charge is -2.34. The Morgan fingerprint density at radius 2 is 1.30 bits per heavy atom. The van der Waals surface area contributed by atoms with Crippen molar-refractivity contribution >= 4 is 11.9 Å². The number of quaternary nitrogens is 1. The van der Waals surface area contributed by atoms with Gasteiger partial charge in [0.2, 0.25) is 0 Å². The highest BCUT2D eigenvalue weighted by molar-refractivity contribution is 5.99. The predicted octanol–water partition coefficient (Wildman–Crippen LogP) is -3.73. The summed E-state index contributed by atoms with van der Waals surface area (Å²) in [6, 6.07) is 5.14. The van der Waals surface area contributed by atoms with E-state index in [0.717, 1.165) is 42.8 Å². The van der Waals surface area contributed by atoms with E-state index >= 15 is 0 Å². The normalized spacial score (nSPS) is 10.1. The summed E-state index contributed by atoms with van der Waals surface area (Å²) in [5, 5.41) is 29.4. The number of likely N-dealkylation sites (N-methyl/N-ethyl adjacent to an activating group) is 1. The van der Waals surface area contributed by atoms with E-state index in [1.54, 1.807) is 0 Å². The van der Waals surface area contributed by atoms with Gasteiger partial charge in [-0.3, -0.25) is 0 Å². The molecule has 23 heavy (non-hydrogen) atoms. The highest BCUT2D eigenvalue weighted by atomic mass is 127. The number of carboxylic acid groups (broad SMARTS) is 2. The van der Waals surface area contributed by atoms with Crippen LogP contribution in [0.25, 0.3) is 0 Å². The molecule has 0 fully saturated rings. The summed E-state index contributed by atoms with van der Waals surface area (Å²) < 4.78 is 1.05. The highest BCUT2D eigenvalue weighted by Gasteiger charge is 2.18. The Kier molecular flexibility index (Phi) is 12.8. The van der Waals surface area contributed by atoms with Gasteiger partial charge in [-0.05, 0) is 20.8 Å². The van der Waals surface area contributed by atoms with Gasteiger partial charge in [-0.25, -0.2) is 0 Å². The van der Waals surface area contributed by atoms with Gasteiger partial charge in [0.15, 0.2) is 0 Å². The molecule has 0 radical (unpaired) electrons. The molecule has 1 aromatic carbocycles. The Labute approximate surface area is 154 Å². The molecule has 1 aromatic rings. The molecule has 0 bridgehead atoms. The number of halogens is 1. The van der Waals surface area contributed by atoms with Crippen molar-refractivity contribution in [2.45, 2.75) is 20.8 Å². The van der Waals surface area contributed by atoms with Gasteiger partial charge in [-0.1, -0.05) is 24.3 Å². The third-order valence-electron chi connectivity index (χ3n) is 3.95. The van der Waals surface area contributed by atoms with E-state index in [4.69, 9.17) is 5.11 Å². The second kappa shape index (κ2) is 12.3. The number of aliphatic hydroxyl groups excluding tert-OH is 1. The highest BCUT2D eigenvalue weighted by Crippen LogP contribution is 2.05. The monoisotopic (exact) mass is 437 g/mol. The molecule has 0 aliphatic heterocycles. The molecule has 0 saturated carbocycles. The molecule has 0 heterocycles. The van der Waals surface area contributed by atoms with Crippen molar-refractivity contribution in [1.29, 1.82) is 0 Å². The quantitative estimate of drug-likeness (QED) is 0.350. The van der Waals surface area contributed by atoms with Gasteiger partial charge in [0.1, 0.15) is 6.54 Å². The van der Waals surface area contributed by atoms with Gasteiger partial charge >= 0.3 is 0 Å². The second-order valence-corrected chi connectivity index (χ2v) is 4.86. The van der Waals surface area contributed by atoms with Crippen LogP contribution >= 0.6 is 0 Å². The van der Waals surface area contributed by atoms with Crippen LogP contribution in [0, 0.1) is 0 Å². The number of hydrogen-bond donors (Lipinski definition) is 1. The maximum atomic E-state index is 10.3. The smallest absolute Gasteiger partial charge is 0.102 e. The minimum Gasteiger partial charge on any atom is -1.00 e. The lowest BCUT2D eigenvalue weighted by Crippen LogP contribution is -3.00. The zero-order valence-corrected chi connectivity index (χ0v) is 15.9. The molecular weight excluding hydrogens is 413 g/mol. The van der Waals surface area contributed by atoms with Crippen LogP contribution in [0.1, 0.15) is 41.5 Å². The predicted molar refractivity (Wildman–Crippen MR) is 78.9 cm³/mol. The first-order valence-corrected chi connectivity index (χ1v) is 7.35. The zero-order valence-electron chi connectivity index (χ0n) is 13.8. The van der Waals surface area contributed by atoms with Gasteiger partial charge < -0.3 is 53.4 Å². The van der Waals surface area contributed by atoms with Crippen LogP contribution in [0.5, 0.6) is 0 Å². The molecule has 0 atom stereocenters. The average Bonchev–Trinajstić information content (AvgIpc) is 2.53. The first kappa shape index (κ1) is 24.1. The van der Waals surface area contributed by atoms with Crippen molar-refractivity contribution in [3.05, 3.63) is 35.4 Å². The fraction of sp³-hybridized carbons (Fsp3) is 0.500. The van der Waals surface area contributed by atoms with Crippen LogP contribution < -0.4 is 34.2 Å².